The molecule has 1 saturated carbocycles. The van der Waals surface area contributed by atoms with Crippen molar-refractivity contribution in [3.8, 4) is 0 Å². The van der Waals surface area contributed by atoms with Gasteiger partial charge in [-0.1, -0.05) is 25.7 Å². The van der Waals surface area contributed by atoms with Gasteiger partial charge in [0.25, 0.3) is 5.91 Å². The first kappa shape index (κ1) is 21.3. The van der Waals surface area contributed by atoms with E-state index in [2.05, 4.69) is 16.1 Å². The Morgan fingerprint density at radius 3 is 2.26 bits per heavy atom. The normalized spacial score (nSPS) is 22.3. The van der Waals surface area contributed by atoms with Crippen molar-refractivity contribution in [1.29, 1.82) is 0 Å². The first-order valence-electron chi connectivity index (χ1n) is 9.25. The zero-order chi connectivity index (χ0) is 20.2. The molecule has 10 nitrogen and oxygen atoms in total. The summed E-state index contributed by atoms with van der Waals surface area (Å²) in [4.78, 5) is 50.0. The number of likely N-dealkylation sites (N-methyl/N-ethyl adjacent to an activating group) is 2. The van der Waals surface area contributed by atoms with Crippen LogP contribution in [0.25, 0.3) is 0 Å². The molecule has 2 atom stereocenters. The Morgan fingerprint density at radius 2 is 1.85 bits per heavy atom. The summed E-state index contributed by atoms with van der Waals surface area (Å²) < 4.78 is 0. The molecule has 0 bridgehead atoms. The molecule has 1 aliphatic heterocycles. The SMILES string of the molecule is CNN1C(=O)N(C[C@H](C(=O)O)[C@H](C=O)CC2CCCC2)C(=O)C1(NC)NC. The first-order chi connectivity index (χ1) is 12.9. The van der Waals surface area contributed by atoms with E-state index >= 15 is 0 Å². The summed E-state index contributed by atoms with van der Waals surface area (Å²) in [7, 11) is 4.51. The molecule has 152 valence electrons. The number of aliphatic carboxylic acids is 1. The van der Waals surface area contributed by atoms with Gasteiger partial charge in [-0.3, -0.25) is 25.1 Å². The molecule has 10 heteroatoms. The smallest absolute Gasteiger partial charge is 0.344 e. The molecule has 0 radical (unpaired) electrons. The standard InChI is InChI=1S/C17H29N5O5/c1-18-17(19-2)15(26)21(16(27)22(17)20-3)9-13(14(24)25)12(10-23)8-11-6-4-5-7-11/h10-13,18-20H,4-9H2,1-3H3,(H,24,25)/t12-,13-/m0/s1. The number of carboxylic acids is 1. The fourth-order valence-corrected chi connectivity index (χ4v) is 4.17. The third-order valence-corrected chi connectivity index (χ3v) is 5.73. The number of hydrogen-bond acceptors (Lipinski definition) is 7. The number of carbonyl (C=O) groups is 4. The second-order valence-electron chi connectivity index (χ2n) is 7.10. The Hall–Kier alpha value is -2.04. The van der Waals surface area contributed by atoms with Crippen LogP contribution < -0.4 is 16.1 Å². The Bertz CT molecular complexity index is 588. The van der Waals surface area contributed by atoms with Crippen LogP contribution in [0.4, 0.5) is 4.79 Å². The molecule has 27 heavy (non-hydrogen) atoms. The Labute approximate surface area is 158 Å². The summed E-state index contributed by atoms with van der Waals surface area (Å²) in [6, 6.07) is -0.678. The molecule has 2 aliphatic rings. The van der Waals surface area contributed by atoms with Gasteiger partial charge in [0, 0.05) is 19.5 Å². The second kappa shape index (κ2) is 8.77. The van der Waals surface area contributed by atoms with E-state index in [-0.39, 0.29) is 6.54 Å². The van der Waals surface area contributed by atoms with Crippen molar-refractivity contribution < 1.29 is 24.3 Å². The maximum atomic E-state index is 12.9. The van der Waals surface area contributed by atoms with Crippen LogP contribution in [-0.2, 0) is 14.4 Å². The van der Waals surface area contributed by atoms with Gasteiger partial charge >= 0.3 is 12.0 Å². The van der Waals surface area contributed by atoms with Gasteiger partial charge in [0.1, 0.15) is 6.29 Å². The molecule has 1 aliphatic carbocycles. The molecule has 0 unspecified atom stereocenters. The van der Waals surface area contributed by atoms with Crippen LogP contribution >= 0.6 is 0 Å². The lowest BCUT2D eigenvalue weighted by molar-refractivity contribution is -0.147. The third-order valence-electron chi connectivity index (χ3n) is 5.73. The van der Waals surface area contributed by atoms with Crippen LogP contribution in [0.3, 0.4) is 0 Å². The van der Waals surface area contributed by atoms with Gasteiger partial charge < -0.3 is 9.90 Å². The minimum atomic E-state index is -1.52. The van der Waals surface area contributed by atoms with Crippen LogP contribution in [0.5, 0.6) is 0 Å². The van der Waals surface area contributed by atoms with Crippen LogP contribution in [0.2, 0.25) is 0 Å². The number of aldehydes is 1. The summed E-state index contributed by atoms with van der Waals surface area (Å²) >= 11 is 0. The highest BCUT2D eigenvalue weighted by Crippen LogP contribution is 2.33. The number of rotatable bonds is 10. The van der Waals surface area contributed by atoms with Crippen molar-refractivity contribution in [3.05, 3.63) is 0 Å². The number of carbonyl (C=O) groups excluding carboxylic acids is 3. The van der Waals surface area contributed by atoms with Gasteiger partial charge in [0.2, 0.25) is 5.79 Å². The van der Waals surface area contributed by atoms with E-state index in [4.69, 9.17) is 0 Å². The topological polar surface area (TPSA) is 131 Å². The molecule has 2 rings (SSSR count). The van der Waals surface area contributed by atoms with Gasteiger partial charge in [-0.15, -0.1) is 0 Å². The number of nitrogens with one attached hydrogen (secondary N) is 3. The largest absolute Gasteiger partial charge is 0.481 e. The number of urea groups is 1. The summed E-state index contributed by atoms with van der Waals surface area (Å²) in [5, 5.41) is 16.3. The lowest BCUT2D eigenvalue weighted by Gasteiger charge is -2.33. The van der Waals surface area contributed by atoms with E-state index in [1.165, 1.54) is 21.1 Å². The zero-order valence-electron chi connectivity index (χ0n) is 16.0. The van der Waals surface area contributed by atoms with Crippen molar-refractivity contribution in [2.45, 2.75) is 37.9 Å². The van der Waals surface area contributed by atoms with Crippen molar-refractivity contribution in [1.82, 2.24) is 26.0 Å². The Morgan fingerprint density at radius 1 is 1.26 bits per heavy atom. The number of amides is 3. The Balaban J connectivity index is 2.24. The fraction of sp³-hybridized carbons (Fsp3) is 0.765. The number of hydrogen-bond donors (Lipinski definition) is 4. The first-order valence-corrected chi connectivity index (χ1v) is 9.25. The van der Waals surface area contributed by atoms with Crippen LogP contribution in [0, 0.1) is 17.8 Å². The van der Waals surface area contributed by atoms with Crippen LogP contribution in [-0.4, -0.2) is 72.7 Å². The maximum absolute atomic E-state index is 12.9. The zero-order valence-corrected chi connectivity index (χ0v) is 16.0. The predicted octanol–water partition coefficient (Wildman–Crippen LogP) is -0.426. The average molecular weight is 383 g/mol. The summed E-state index contributed by atoms with van der Waals surface area (Å²) in [6.45, 7) is -0.355. The molecule has 0 aromatic carbocycles. The highest BCUT2D eigenvalue weighted by molar-refractivity contribution is 6.06. The lowest BCUT2D eigenvalue weighted by Crippen LogP contribution is -2.70. The van der Waals surface area contributed by atoms with Crippen LogP contribution in [0.1, 0.15) is 32.1 Å². The van der Waals surface area contributed by atoms with Gasteiger partial charge in [-0.05, 0) is 26.4 Å². The number of imide groups is 1. The number of carboxylic acid groups (broad SMARTS) is 1. The molecular formula is C17H29N5O5. The van der Waals surface area contributed by atoms with E-state index < -0.39 is 35.5 Å². The average Bonchev–Trinajstić information content (AvgIpc) is 3.23. The van der Waals surface area contributed by atoms with E-state index in [9.17, 15) is 24.3 Å². The molecule has 0 spiro atoms. The molecule has 2 fully saturated rings. The van der Waals surface area contributed by atoms with Crippen LogP contribution in [0.15, 0.2) is 0 Å². The van der Waals surface area contributed by atoms with E-state index in [1.54, 1.807) is 0 Å². The predicted molar refractivity (Wildman–Crippen MR) is 96.1 cm³/mol. The summed E-state index contributed by atoms with van der Waals surface area (Å²) in [5.74, 6) is -4.89. The molecule has 0 aromatic heterocycles. The van der Waals surface area contributed by atoms with E-state index in [1.807, 2.05) is 0 Å². The molecule has 1 heterocycles. The van der Waals surface area contributed by atoms with E-state index in [0.29, 0.717) is 18.6 Å². The van der Waals surface area contributed by atoms with Gasteiger partial charge in [-0.2, -0.15) is 0 Å². The van der Waals surface area contributed by atoms with E-state index in [0.717, 1.165) is 35.6 Å². The van der Waals surface area contributed by atoms with Gasteiger partial charge in [-0.25, -0.2) is 15.2 Å². The lowest BCUT2D eigenvalue weighted by atomic mass is 9.84. The highest BCUT2D eigenvalue weighted by atomic mass is 16.4. The van der Waals surface area contributed by atoms with Crippen molar-refractivity contribution in [3.63, 3.8) is 0 Å². The third kappa shape index (κ3) is 3.83. The maximum Gasteiger partial charge on any atom is 0.344 e. The van der Waals surface area contributed by atoms with Crippen molar-refractivity contribution in [2.75, 3.05) is 27.7 Å². The van der Waals surface area contributed by atoms with Gasteiger partial charge in [0.05, 0.1) is 5.92 Å². The minimum Gasteiger partial charge on any atom is -0.481 e. The minimum absolute atomic E-state index is 0.314. The van der Waals surface area contributed by atoms with Crippen molar-refractivity contribution in [2.24, 2.45) is 17.8 Å². The highest BCUT2D eigenvalue weighted by Gasteiger charge is 2.57. The molecule has 3 amide bonds. The number of nitrogens with zero attached hydrogens (tertiary/aromatic N) is 2. The quantitative estimate of drug-likeness (QED) is 0.227. The summed E-state index contributed by atoms with van der Waals surface area (Å²) in [6.07, 6.45) is 5.25. The van der Waals surface area contributed by atoms with Gasteiger partial charge in [0.15, 0.2) is 0 Å². The molecule has 0 aromatic rings. The fourth-order valence-electron chi connectivity index (χ4n) is 4.17. The summed E-state index contributed by atoms with van der Waals surface area (Å²) in [5.41, 5.74) is 2.65. The molecular weight excluding hydrogens is 354 g/mol. The number of hydrazine groups is 1. The second-order valence-corrected chi connectivity index (χ2v) is 7.10. The van der Waals surface area contributed by atoms with Crippen molar-refractivity contribution >= 4 is 24.2 Å². The molecule has 1 saturated heterocycles. The monoisotopic (exact) mass is 383 g/mol. The Kier molecular flexibility index (Phi) is 6.90. The molecule has 4 N–H and O–H groups in total.